The summed E-state index contributed by atoms with van der Waals surface area (Å²) in [5.41, 5.74) is -0.00885. The average molecular weight is 296 g/mol. The van der Waals surface area contributed by atoms with Gasteiger partial charge in [-0.25, -0.2) is 0 Å². The maximum absolute atomic E-state index is 12.3. The highest BCUT2D eigenvalue weighted by molar-refractivity contribution is 8.31. The molecule has 0 amide bonds. The first kappa shape index (κ1) is 14.9. The number of thiol groups is 1. The third kappa shape index (κ3) is 2.83. The van der Waals surface area contributed by atoms with E-state index in [0.717, 1.165) is 6.42 Å². The second-order valence-corrected chi connectivity index (χ2v) is 8.85. The Morgan fingerprint density at radius 2 is 1.84 bits per heavy atom. The zero-order valence-corrected chi connectivity index (χ0v) is 12.1. The van der Waals surface area contributed by atoms with Crippen LogP contribution in [0.3, 0.4) is 0 Å². The predicted molar refractivity (Wildman–Crippen MR) is 69.4 cm³/mol. The summed E-state index contributed by atoms with van der Waals surface area (Å²) in [6, 6.07) is 0. The SMILES string of the molecule is CC1C(=O)C(C2CC2(C)C)C(=O)[SH]1CCC(F)(F)F. The van der Waals surface area contributed by atoms with E-state index in [1.165, 1.54) is 0 Å². The lowest BCUT2D eigenvalue weighted by molar-refractivity contribution is -0.129. The number of carbonyl (C=O) groups is 2. The Morgan fingerprint density at radius 1 is 1.32 bits per heavy atom. The number of halogens is 3. The van der Waals surface area contributed by atoms with Gasteiger partial charge >= 0.3 is 6.18 Å². The molecule has 2 nitrogen and oxygen atoms in total. The lowest BCUT2D eigenvalue weighted by Crippen LogP contribution is -2.22. The molecule has 1 aliphatic heterocycles. The smallest absolute Gasteiger partial charge is 0.298 e. The van der Waals surface area contributed by atoms with Crippen LogP contribution in [-0.2, 0) is 9.59 Å². The van der Waals surface area contributed by atoms with E-state index in [1.54, 1.807) is 6.92 Å². The van der Waals surface area contributed by atoms with Gasteiger partial charge in [0.1, 0.15) is 0 Å². The Morgan fingerprint density at radius 3 is 2.26 bits per heavy atom. The van der Waals surface area contributed by atoms with Crippen LogP contribution >= 0.6 is 10.9 Å². The predicted octanol–water partition coefficient (Wildman–Crippen LogP) is 3.10. The first-order valence-corrected chi connectivity index (χ1v) is 8.05. The molecule has 2 fully saturated rings. The van der Waals surface area contributed by atoms with E-state index in [4.69, 9.17) is 0 Å². The summed E-state index contributed by atoms with van der Waals surface area (Å²) in [5, 5.41) is -0.682. The number of carbonyl (C=O) groups excluding carboxylic acids is 2. The molecule has 0 aromatic carbocycles. The van der Waals surface area contributed by atoms with Gasteiger partial charge in [-0.1, -0.05) is 13.8 Å². The van der Waals surface area contributed by atoms with Gasteiger partial charge in [0.15, 0.2) is 10.9 Å². The lowest BCUT2D eigenvalue weighted by atomic mass is 9.93. The van der Waals surface area contributed by atoms with Gasteiger partial charge in [0.05, 0.1) is 12.3 Å². The van der Waals surface area contributed by atoms with Crippen molar-refractivity contribution in [3.8, 4) is 0 Å². The molecular formula is C13H19F3O2S. The van der Waals surface area contributed by atoms with E-state index in [9.17, 15) is 22.8 Å². The Hall–Kier alpha value is -0.520. The molecule has 4 atom stereocenters. The zero-order valence-electron chi connectivity index (χ0n) is 11.3. The van der Waals surface area contributed by atoms with Crippen molar-refractivity contribution in [2.75, 3.05) is 5.75 Å². The van der Waals surface area contributed by atoms with Gasteiger partial charge < -0.3 is 0 Å². The van der Waals surface area contributed by atoms with Gasteiger partial charge in [0.25, 0.3) is 0 Å². The van der Waals surface area contributed by atoms with Crippen LogP contribution in [0.1, 0.15) is 33.6 Å². The lowest BCUT2D eigenvalue weighted by Gasteiger charge is -2.18. The highest BCUT2D eigenvalue weighted by Crippen LogP contribution is 2.61. The quantitative estimate of drug-likeness (QED) is 0.641. The van der Waals surface area contributed by atoms with Crippen LogP contribution in [-0.4, -0.2) is 28.1 Å². The Balaban J connectivity index is 2.07. The Labute approximate surface area is 113 Å². The van der Waals surface area contributed by atoms with Crippen LogP contribution in [0.5, 0.6) is 0 Å². The summed E-state index contributed by atoms with van der Waals surface area (Å²) < 4.78 is 36.8. The van der Waals surface area contributed by atoms with Crippen molar-refractivity contribution >= 4 is 21.8 Å². The maximum Gasteiger partial charge on any atom is 0.389 e. The summed E-state index contributed by atoms with van der Waals surface area (Å²) in [5.74, 6) is -0.875. The minimum Gasteiger partial charge on any atom is -0.298 e. The molecule has 19 heavy (non-hydrogen) atoms. The molecule has 2 rings (SSSR count). The van der Waals surface area contributed by atoms with E-state index in [0.29, 0.717) is 0 Å². The molecule has 1 aliphatic carbocycles. The third-order valence-corrected chi connectivity index (χ3v) is 7.10. The van der Waals surface area contributed by atoms with Gasteiger partial charge in [-0.05, 0) is 30.4 Å². The number of Topliss-reactive ketones (excluding diaryl/α,β-unsaturated/α-hetero) is 1. The normalized spacial score (nSPS) is 39.7. The average Bonchev–Trinajstić information content (AvgIpc) is 2.78. The first-order chi connectivity index (χ1) is 8.54. The maximum atomic E-state index is 12.3. The monoisotopic (exact) mass is 296 g/mol. The summed E-state index contributed by atoms with van der Waals surface area (Å²) in [7, 11) is -1.45. The van der Waals surface area contributed by atoms with Crippen LogP contribution < -0.4 is 0 Å². The topological polar surface area (TPSA) is 34.1 Å². The van der Waals surface area contributed by atoms with Gasteiger partial charge in [0, 0.05) is 5.25 Å². The second-order valence-electron chi connectivity index (χ2n) is 6.25. The zero-order chi connectivity index (χ0) is 14.6. The molecule has 0 radical (unpaired) electrons. The van der Waals surface area contributed by atoms with Crippen LogP contribution in [0.15, 0.2) is 0 Å². The highest BCUT2D eigenvalue weighted by atomic mass is 32.2. The summed E-state index contributed by atoms with van der Waals surface area (Å²) in [6.45, 7) is 5.62. The number of hydrogen-bond donors (Lipinski definition) is 1. The van der Waals surface area contributed by atoms with E-state index in [-0.39, 0.29) is 28.0 Å². The number of alkyl halides is 3. The van der Waals surface area contributed by atoms with Crippen molar-refractivity contribution in [3.05, 3.63) is 0 Å². The van der Waals surface area contributed by atoms with Crippen molar-refractivity contribution < 1.29 is 22.8 Å². The van der Waals surface area contributed by atoms with Gasteiger partial charge in [-0.2, -0.15) is 24.1 Å². The van der Waals surface area contributed by atoms with Gasteiger partial charge in [-0.15, -0.1) is 0 Å². The first-order valence-electron chi connectivity index (χ1n) is 6.45. The third-order valence-electron chi connectivity index (χ3n) is 4.36. The Kier molecular flexibility index (Phi) is 3.52. The molecule has 0 N–H and O–H groups in total. The molecule has 6 heteroatoms. The van der Waals surface area contributed by atoms with Crippen molar-refractivity contribution in [2.45, 2.75) is 45.0 Å². The summed E-state index contributed by atoms with van der Waals surface area (Å²) in [4.78, 5) is 24.4. The largest absolute Gasteiger partial charge is 0.389 e. The molecule has 0 spiro atoms. The van der Waals surface area contributed by atoms with Gasteiger partial charge in [-0.3, -0.25) is 9.59 Å². The van der Waals surface area contributed by atoms with Crippen LogP contribution in [0.2, 0.25) is 0 Å². The molecule has 1 heterocycles. The minimum atomic E-state index is -4.25. The van der Waals surface area contributed by atoms with Crippen LogP contribution in [0.25, 0.3) is 0 Å². The molecule has 0 aromatic rings. The fourth-order valence-corrected chi connectivity index (χ4v) is 5.52. The molecule has 1 saturated carbocycles. The second kappa shape index (κ2) is 4.50. The summed E-state index contributed by atoms with van der Waals surface area (Å²) >= 11 is 0. The molecule has 2 aliphatic rings. The number of rotatable bonds is 3. The van der Waals surface area contributed by atoms with Crippen LogP contribution in [0.4, 0.5) is 13.2 Å². The fourth-order valence-electron chi connectivity index (χ4n) is 2.90. The van der Waals surface area contributed by atoms with Gasteiger partial charge in [0.2, 0.25) is 0 Å². The highest BCUT2D eigenvalue weighted by Gasteiger charge is 2.59. The molecule has 0 aromatic heterocycles. The van der Waals surface area contributed by atoms with Crippen molar-refractivity contribution in [2.24, 2.45) is 17.3 Å². The van der Waals surface area contributed by atoms with E-state index < -0.39 is 34.7 Å². The molecule has 4 unspecified atom stereocenters. The molecule has 1 saturated heterocycles. The molecule has 110 valence electrons. The van der Waals surface area contributed by atoms with Crippen molar-refractivity contribution in [1.82, 2.24) is 0 Å². The van der Waals surface area contributed by atoms with E-state index in [1.807, 2.05) is 13.8 Å². The Bertz CT molecular complexity index is 417. The molecule has 0 bridgehead atoms. The van der Waals surface area contributed by atoms with E-state index >= 15 is 0 Å². The standard InChI is InChI=1S/C13H19F3O2S/c1-7-10(17)9(8-6-12(8,2)3)11(18)19(7)5-4-13(14,15)16/h7-9,19H,4-6H2,1-3H3. The summed E-state index contributed by atoms with van der Waals surface area (Å²) in [6.07, 6.45) is -4.38. The fraction of sp³-hybridized carbons (Fsp3) is 0.846. The molecular weight excluding hydrogens is 277 g/mol. The van der Waals surface area contributed by atoms with Crippen LogP contribution in [0, 0.1) is 17.3 Å². The number of hydrogen-bond acceptors (Lipinski definition) is 2. The van der Waals surface area contributed by atoms with Crippen molar-refractivity contribution in [1.29, 1.82) is 0 Å². The number of ketones is 1. The van der Waals surface area contributed by atoms with E-state index in [2.05, 4.69) is 0 Å². The van der Waals surface area contributed by atoms with Crippen molar-refractivity contribution in [3.63, 3.8) is 0 Å². The minimum absolute atomic E-state index is 0.00885.